The number of esters is 1. The Hall–Kier alpha value is -2.61. The first-order valence-electron chi connectivity index (χ1n) is 6.96. The molecule has 0 fully saturated rings. The summed E-state index contributed by atoms with van der Waals surface area (Å²) >= 11 is 0. The van der Waals surface area contributed by atoms with E-state index in [0.717, 1.165) is 8.87 Å². The van der Waals surface area contributed by atoms with E-state index in [9.17, 15) is 18.0 Å². The molecule has 2 heterocycles. The van der Waals surface area contributed by atoms with E-state index in [1.807, 2.05) is 0 Å². The number of rotatable bonds is 3. The number of amides is 1. The molecule has 0 radical (unpaired) electrons. The topological polar surface area (TPSA) is 85.7 Å². The molecule has 0 spiro atoms. The zero-order valence-corrected chi connectivity index (χ0v) is 13.1. The van der Waals surface area contributed by atoms with Crippen molar-refractivity contribution >= 4 is 27.6 Å². The van der Waals surface area contributed by atoms with E-state index in [4.69, 9.17) is 4.74 Å². The fraction of sp³-hybridized carbons (Fsp3) is 0.200. The fourth-order valence-corrected chi connectivity index (χ4v) is 4.02. The summed E-state index contributed by atoms with van der Waals surface area (Å²) in [5.74, 6) is -1.18. The number of hydrogen-bond acceptors (Lipinski definition) is 5. The van der Waals surface area contributed by atoms with Crippen molar-refractivity contribution in [2.45, 2.75) is 11.8 Å². The van der Waals surface area contributed by atoms with Gasteiger partial charge < -0.3 is 4.74 Å². The van der Waals surface area contributed by atoms with E-state index in [2.05, 4.69) is 0 Å². The van der Waals surface area contributed by atoms with Crippen LogP contribution in [0, 0.1) is 0 Å². The maximum absolute atomic E-state index is 12.7. The highest BCUT2D eigenvalue weighted by Gasteiger charge is 2.35. The molecule has 0 saturated heterocycles. The zero-order chi connectivity index (χ0) is 16.6. The highest BCUT2D eigenvalue weighted by Crippen LogP contribution is 2.32. The van der Waals surface area contributed by atoms with Gasteiger partial charge in [0.2, 0.25) is 0 Å². The molecule has 7 nitrogen and oxygen atoms in total. The lowest BCUT2D eigenvalue weighted by Gasteiger charge is -2.20. The number of fused-ring (bicyclic) bond motifs is 2. The fourth-order valence-electron chi connectivity index (χ4n) is 2.49. The summed E-state index contributed by atoms with van der Waals surface area (Å²) in [7, 11) is -3.91. The first kappa shape index (κ1) is 15.3. The summed E-state index contributed by atoms with van der Waals surface area (Å²) in [6.45, 7) is 1.48. The molecule has 1 amide bonds. The second-order valence-electron chi connectivity index (χ2n) is 4.86. The third-order valence-corrected chi connectivity index (χ3v) is 5.20. The van der Waals surface area contributed by atoms with Gasteiger partial charge in [-0.2, -0.15) is 0 Å². The van der Waals surface area contributed by atoms with Crippen molar-refractivity contribution in [3.05, 3.63) is 48.3 Å². The Morgan fingerprint density at radius 2 is 1.91 bits per heavy atom. The van der Waals surface area contributed by atoms with E-state index < -0.39 is 21.9 Å². The lowest BCUT2D eigenvalue weighted by Crippen LogP contribution is -2.36. The van der Waals surface area contributed by atoms with Crippen LogP contribution in [0.5, 0.6) is 0 Å². The lowest BCUT2D eigenvalue weighted by atomic mass is 10.2. The average Bonchev–Trinajstić information content (AvgIpc) is 3.00. The molecule has 0 N–H and O–H groups in total. The van der Waals surface area contributed by atoms with Crippen LogP contribution in [0.3, 0.4) is 0 Å². The van der Waals surface area contributed by atoms with Gasteiger partial charge in [0.15, 0.2) is 0 Å². The Labute approximate surface area is 133 Å². The molecule has 1 aliphatic rings. The van der Waals surface area contributed by atoms with Gasteiger partial charge in [-0.25, -0.2) is 12.4 Å². The molecule has 2 aromatic rings. The van der Waals surface area contributed by atoms with Crippen LogP contribution >= 0.6 is 0 Å². The summed E-state index contributed by atoms with van der Waals surface area (Å²) in [4.78, 5) is 25.6. The number of benzene rings is 1. The SMILES string of the molecule is CCOC(=O)CN1C(=O)c2cccn2S(=O)(=O)c2ccccc21. The normalized spacial score (nSPS) is 15.5. The van der Waals surface area contributed by atoms with Crippen molar-refractivity contribution < 1.29 is 22.7 Å². The predicted octanol–water partition coefficient (Wildman–Crippen LogP) is 1.25. The quantitative estimate of drug-likeness (QED) is 0.789. The molecule has 0 bridgehead atoms. The van der Waals surface area contributed by atoms with Crippen molar-refractivity contribution in [2.75, 3.05) is 18.1 Å². The maximum Gasteiger partial charge on any atom is 0.326 e. The van der Waals surface area contributed by atoms with Crippen molar-refractivity contribution in [2.24, 2.45) is 0 Å². The third-order valence-electron chi connectivity index (χ3n) is 3.46. The number of nitrogens with zero attached hydrogens (tertiary/aromatic N) is 2. The Balaban J connectivity index is 2.21. The molecule has 8 heteroatoms. The van der Waals surface area contributed by atoms with Gasteiger partial charge in [-0.3, -0.25) is 14.5 Å². The third kappa shape index (κ3) is 2.40. The Bertz CT molecular complexity index is 885. The minimum atomic E-state index is -3.91. The maximum atomic E-state index is 12.7. The zero-order valence-electron chi connectivity index (χ0n) is 12.3. The first-order valence-corrected chi connectivity index (χ1v) is 8.40. The number of para-hydroxylation sites is 1. The monoisotopic (exact) mass is 334 g/mol. The van der Waals surface area contributed by atoms with Crippen LogP contribution in [0.15, 0.2) is 47.5 Å². The molecule has 23 heavy (non-hydrogen) atoms. The number of ether oxygens (including phenoxy) is 1. The van der Waals surface area contributed by atoms with E-state index in [0.29, 0.717) is 0 Å². The Kier molecular flexibility index (Phi) is 3.69. The molecule has 120 valence electrons. The van der Waals surface area contributed by atoms with Gasteiger partial charge in [-0.1, -0.05) is 12.1 Å². The van der Waals surface area contributed by atoms with Gasteiger partial charge in [0.05, 0.1) is 12.3 Å². The molecule has 1 aromatic carbocycles. The number of carbonyl (C=O) groups is 2. The second-order valence-corrected chi connectivity index (χ2v) is 6.64. The van der Waals surface area contributed by atoms with Crippen LogP contribution in [0.25, 0.3) is 0 Å². The highest BCUT2D eigenvalue weighted by atomic mass is 32.2. The molecule has 0 unspecified atom stereocenters. The molecule has 1 aliphatic heterocycles. The number of hydrogen-bond donors (Lipinski definition) is 0. The van der Waals surface area contributed by atoms with Crippen LogP contribution in [-0.2, 0) is 19.6 Å². The van der Waals surface area contributed by atoms with Crippen LogP contribution < -0.4 is 4.90 Å². The summed E-state index contributed by atoms with van der Waals surface area (Å²) < 4.78 is 31.3. The van der Waals surface area contributed by atoms with Gasteiger partial charge in [0.1, 0.15) is 17.1 Å². The standard InChI is InChI=1S/C15H14N2O5S/c1-2-22-14(18)10-16-11-6-3-4-8-13(11)23(20,21)17-9-5-7-12(17)15(16)19/h3-9H,2,10H2,1H3. The van der Waals surface area contributed by atoms with Crippen LogP contribution in [0.2, 0.25) is 0 Å². The van der Waals surface area contributed by atoms with Gasteiger partial charge in [0.25, 0.3) is 15.9 Å². The van der Waals surface area contributed by atoms with Crippen molar-refractivity contribution in [1.29, 1.82) is 0 Å². The number of carbonyl (C=O) groups excluding carboxylic acids is 2. The van der Waals surface area contributed by atoms with E-state index >= 15 is 0 Å². The molecule has 1 aromatic heterocycles. The second kappa shape index (κ2) is 5.54. The van der Waals surface area contributed by atoms with E-state index in [-0.39, 0.29) is 29.4 Å². The van der Waals surface area contributed by atoms with Crippen molar-refractivity contribution in [3.63, 3.8) is 0 Å². The largest absolute Gasteiger partial charge is 0.465 e. The molecular formula is C15H14N2O5S. The van der Waals surface area contributed by atoms with E-state index in [1.54, 1.807) is 19.1 Å². The van der Waals surface area contributed by atoms with Crippen LogP contribution in [-0.4, -0.2) is 37.4 Å². The Morgan fingerprint density at radius 1 is 1.17 bits per heavy atom. The van der Waals surface area contributed by atoms with Crippen LogP contribution in [0.4, 0.5) is 5.69 Å². The summed E-state index contributed by atoms with van der Waals surface area (Å²) in [5, 5.41) is 0. The lowest BCUT2D eigenvalue weighted by molar-refractivity contribution is -0.141. The van der Waals surface area contributed by atoms with Gasteiger partial charge >= 0.3 is 5.97 Å². The molecule has 3 rings (SSSR count). The summed E-state index contributed by atoms with van der Waals surface area (Å²) in [6.07, 6.45) is 1.31. The van der Waals surface area contributed by atoms with Crippen LogP contribution in [0.1, 0.15) is 17.4 Å². The molecular weight excluding hydrogens is 320 g/mol. The van der Waals surface area contributed by atoms with Crippen molar-refractivity contribution in [3.8, 4) is 0 Å². The van der Waals surface area contributed by atoms with Crippen molar-refractivity contribution in [1.82, 2.24) is 3.97 Å². The average molecular weight is 334 g/mol. The summed E-state index contributed by atoms with van der Waals surface area (Å²) in [6, 6.07) is 8.96. The van der Waals surface area contributed by atoms with E-state index in [1.165, 1.54) is 30.5 Å². The number of aromatic nitrogens is 1. The van der Waals surface area contributed by atoms with Gasteiger partial charge in [-0.05, 0) is 31.2 Å². The summed E-state index contributed by atoms with van der Waals surface area (Å²) in [5.41, 5.74) is 0.139. The highest BCUT2D eigenvalue weighted by molar-refractivity contribution is 7.90. The van der Waals surface area contributed by atoms with Gasteiger partial charge in [-0.15, -0.1) is 0 Å². The molecule has 0 atom stereocenters. The smallest absolute Gasteiger partial charge is 0.326 e. The first-order chi connectivity index (χ1) is 11.0. The molecule has 0 saturated carbocycles. The Morgan fingerprint density at radius 3 is 2.65 bits per heavy atom. The number of anilines is 1. The van der Waals surface area contributed by atoms with Gasteiger partial charge in [0, 0.05) is 6.20 Å². The minimum Gasteiger partial charge on any atom is -0.465 e. The predicted molar refractivity (Wildman–Crippen MR) is 81.8 cm³/mol. The minimum absolute atomic E-state index is 0.0227. The molecule has 0 aliphatic carbocycles.